The van der Waals surface area contributed by atoms with E-state index in [4.69, 9.17) is 42.5 Å². The van der Waals surface area contributed by atoms with Crippen molar-refractivity contribution in [3.05, 3.63) is 85.9 Å². The highest BCUT2D eigenvalue weighted by Crippen LogP contribution is 2.48. The zero-order valence-corrected chi connectivity index (χ0v) is 33.4. The number of rotatable bonds is 10. The number of benzene rings is 3. The van der Waals surface area contributed by atoms with E-state index in [0.717, 1.165) is 60.9 Å². The van der Waals surface area contributed by atoms with Gasteiger partial charge in [0.2, 0.25) is 0 Å². The summed E-state index contributed by atoms with van der Waals surface area (Å²) in [6, 6.07) is 10.9. The van der Waals surface area contributed by atoms with E-state index in [2.05, 4.69) is 11.5 Å². The number of ether oxygens (including phenoxy) is 3. The summed E-state index contributed by atoms with van der Waals surface area (Å²) in [7, 11) is 6.62. The van der Waals surface area contributed by atoms with Crippen molar-refractivity contribution in [2.75, 3.05) is 32.3 Å². The summed E-state index contributed by atoms with van der Waals surface area (Å²) < 4.78 is 23.3. The molecule has 0 aliphatic carbocycles. The Morgan fingerprint density at radius 2 is 1.67 bits per heavy atom. The lowest BCUT2D eigenvalue weighted by atomic mass is 9.98. The summed E-state index contributed by atoms with van der Waals surface area (Å²) in [5.41, 5.74) is 8.88. The van der Waals surface area contributed by atoms with Gasteiger partial charge in [-0.1, -0.05) is 29.3 Å². The lowest BCUT2D eigenvalue weighted by Gasteiger charge is -2.35. The number of amides is 1. The van der Waals surface area contributed by atoms with Crippen LogP contribution in [0.2, 0.25) is 10.0 Å². The van der Waals surface area contributed by atoms with Crippen LogP contribution in [-0.4, -0.2) is 63.3 Å². The first kappa shape index (κ1) is 37.2. The van der Waals surface area contributed by atoms with E-state index in [1.54, 1.807) is 28.6 Å². The number of fused-ring (bicyclic) bond motifs is 4. The predicted octanol–water partition coefficient (Wildman–Crippen LogP) is 9.02. The molecule has 1 aliphatic heterocycles. The molecule has 0 saturated carbocycles. The maximum atomic E-state index is 15.2. The molecule has 1 aliphatic rings. The first-order valence-electron chi connectivity index (χ1n) is 17.7. The summed E-state index contributed by atoms with van der Waals surface area (Å²) in [6.45, 7) is 10.7. The van der Waals surface area contributed by atoms with Gasteiger partial charge in [0.1, 0.15) is 17.1 Å². The Balaban J connectivity index is 1.42. The Bertz CT molecular complexity index is 2510. The van der Waals surface area contributed by atoms with Gasteiger partial charge in [-0.15, -0.1) is 0 Å². The van der Waals surface area contributed by atoms with Gasteiger partial charge in [0.05, 0.1) is 48.3 Å². The molecule has 54 heavy (non-hydrogen) atoms. The number of carbonyl (C=O) groups is 2. The molecule has 0 fully saturated rings. The number of nitrogens with zero attached hydrogens (tertiary/aromatic N) is 5. The molecular weight excluding hydrogens is 729 g/mol. The lowest BCUT2D eigenvalue weighted by molar-refractivity contribution is 0.0687. The fourth-order valence-corrected chi connectivity index (χ4v) is 8.54. The molecule has 11 nitrogen and oxygen atoms in total. The van der Waals surface area contributed by atoms with Crippen LogP contribution in [-0.2, 0) is 20.5 Å². The van der Waals surface area contributed by atoms with Gasteiger partial charge in [0, 0.05) is 65.4 Å². The minimum Gasteiger partial charge on any atom is -0.494 e. The maximum absolute atomic E-state index is 15.2. The molecule has 3 aromatic heterocycles. The van der Waals surface area contributed by atoms with Gasteiger partial charge in [0.15, 0.2) is 11.5 Å². The number of halogens is 2. The molecular formula is C41H43Cl2N5O6. The normalized spacial score (nSPS) is 14.3. The van der Waals surface area contributed by atoms with E-state index in [-0.39, 0.29) is 17.6 Å². The van der Waals surface area contributed by atoms with Gasteiger partial charge in [-0.05, 0) is 88.4 Å². The van der Waals surface area contributed by atoms with E-state index >= 15 is 4.79 Å². The van der Waals surface area contributed by atoms with Crippen LogP contribution < -0.4 is 19.1 Å². The molecule has 0 bridgehead atoms. The Morgan fingerprint density at radius 1 is 0.963 bits per heavy atom. The topological polar surface area (TPSA) is 113 Å². The molecule has 1 N–H and O–H groups in total. The van der Waals surface area contributed by atoms with Crippen molar-refractivity contribution in [2.24, 2.45) is 14.1 Å². The second-order valence-corrected chi connectivity index (χ2v) is 14.8. The molecule has 282 valence electrons. The third-order valence-corrected chi connectivity index (χ3v) is 11.6. The summed E-state index contributed by atoms with van der Waals surface area (Å²) in [6.07, 6.45) is 1.16. The zero-order valence-electron chi connectivity index (χ0n) is 31.9. The van der Waals surface area contributed by atoms with Gasteiger partial charge < -0.3 is 33.4 Å². The molecule has 1 atom stereocenters. The van der Waals surface area contributed by atoms with E-state index in [1.165, 1.54) is 14.2 Å². The lowest BCUT2D eigenvalue weighted by Crippen LogP contribution is -2.43. The summed E-state index contributed by atoms with van der Waals surface area (Å²) in [4.78, 5) is 29.3. The molecule has 3 aromatic carbocycles. The number of carboxylic acids is 1. The van der Waals surface area contributed by atoms with Gasteiger partial charge in [-0.2, -0.15) is 5.10 Å². The smallest absolute Gasteiger partial charge is 0.352 e. The van der Waals surface area contributed by atoms with Gasteiger partial charge >= 0.3 is 5.97 Å². The predicted molar refractivity (Wildman–Crippen MR) is 213 cm³/mol. The minimum atomic E-state index is -1.10. The van der Waals surface area contributed by atoms with Crippen molar-refractivity contribution < 1.29 is 28.9 Å². The summed E-state index contributed by atoms with van der Waals surface area (Å²) in [5, 5.41) is 17.5. The number of carbonyl (C=O) groups excluding carboxylic acids is 1. The van der Waals surface area contributed by atoms with Crippen LogP contribution in [0.5, 0.6) is 17.2 Å². The Morgan fingerprint density at radius 3 is 2.28 bits per heavy atom. The van der Waals surface area contributed by atoms with Crippen molar-refractivity contribution in [3.63, 3.8) is 0 Å². The highest BCUT2D eigenvalue weighted by Gasteiger charge is 2.38. The molecule has 4 heterocycles. The Kier molecular flexibility index (Phi) is 9.60. The standard InChI is InChI=1S/C41H43Cl2N5O6/c1-20-15-25(16-21(2)35(20)43)54-14-10-11-26-27-12-13-29(42)34(33-23(4)44-46(7)24(33)5)37(27)48-22(3)19-47(40(49)38(26)48)30-18-32(52-8)39(53-9)28-17-31(41(50)51)45(6)36(28)30/h12-13,15-18,22H,10-11,14,19H2,1-9H3,(H,50,51). The highest BCUT2D eigenvalue weighted by molar-refractivity contribution is 6.35. The highest BCUT2D eigenvalue weighted by atomic mass is 35.5. The summed E-state index contributed by atoms with van der Waals surface area (Å²) in [5.74, 6) is 0.191. The SMILES string of the molecule is COc1cc(N2CC(C)n3c(c(CCCOc4cc(C)c(Cl)c(C)c4)c4ccc(Cl)c(-c5c(C)nn(C)c5C)c43)C2=O)c2c(cc(C(=O)O)n2C)c1OC. The number of hydrogen-bond donors (Lipinski definition) is 1. The minimum absolute atomic E-state index is 0.0534. The van der Waals surface area contributed by atoms with Crippen molar-refractivity contribution >= 4 is 62.6 Å². The van der Waals surface area contributed by atoms with Gasteiger partial charge in [-0.3, -0.25) is 9.48 Å². The molecule has 1 amide bonds. The zero-order chi connectivity index (χ0) is 38.9. The van der Waals surface area contributed by atoms with E-state index in [0.29, 0.717) is 64.8 Å². The Hall–Kier alpha value is -5.13. The van der Waals surface area contributed by atoms with Crippen molar-refractivity contribution in [3.8, 4) is 28.4 Å². The molecule has 13 heteroatoms. The van der Waals surface area contributed by atoms with Crippen LogP contribution in [0.15, 0.2) is 36.4 Å². The molecule has 1 unspecified atom stereocenters. The third kappa shape index (κ3) is 5.76. The maximum Gasteiger partial charge on any atom is 0.352 e. The third-order valence-electron chi connectivity index (χ3n) is 10.7. The van der Waals surface area contributed by atoms with Crippen LogP contribution in [0.1, 0.15) is 68.4 Å². The quantitative estimate of drug-likeness (QED) is 0.138. The van der Waals surface area contributed by atoms with E-state index in [9.17, 15) is 9.90 Å². The number of carboxylic acid groups (broad SMARTS) is 1. The number of hydrogen-bond acceptors (Lipinski definition) is 6. The Labute approximate surface area is 323 Å². The summed E-state index contributed by atoms with van der Waals surface area (Å²) >= 11 is 13.5. The molecule has 0 saturated heterocycles. The molecule has 6 aromatic rings. The molecule has 0 spiro atoms. The van der Waals surface area contributed by atoms with Crippen LogP contribution >= 0.6 is 23.2 Å². The average Bonchev–Trinajstić information content (AvgIpc) is 3.74. The van der Waals surface area contributed by atoms with Gasteiger partial charge in [-0.25, -0.2) is 4.79 Å². The van der Waals surface area contributed by atoms with Gasteiger partial charge in [0.25, 0.3) is 5.91 Å². The van der Waals surface area contributed by atoms with Crippen LogP contribution in [0.25, 0.3) is 32.9 Å². The fourth-order valence-electron chi connectivity index (χ4n) is 8.19. The first-order chi connectivity index (χ1) is 25.7. The number of anilines is 1. The number of aromatic carboxylic acids is 1. The first-order valence-corrected chi connectivity index (χ1v) is 18.5. The largest absolute Gasteiger partial charge is 0.494 e. The van der Waals surface area contributed by atoms with E-state index in [1.807, 2.05) is 63.7 Å². The molecule has 7 rings (SSSR count). The monoisotopic (exact) mass is 771 g/mol. The van der Waals surface area contributed by atoms with Crippen LogP contribution in [0, 0.1) is 27.7 Å². The van der Waals surface area contributed by atoms with E-state index < -0.39 is 5.97 Å². The average molecular weight is 773 g/mol. The molecule has 0 radical (unpaired) electrons. The number of aryl methyl sites for hydroxylation is 6. The van der Waals surface area contributed by atoms with Crippen molar-refractivity contribution in [1.29, 1.82) is 0 Å². The van der Waals surface area contributed by atoms with Crippen molar-refractivity contribution in [2.45, 2.75) is 53.5 Å². The number of methoxy groups -OCH3 is 2. The van der Waals surface area contributed by atoms with Crippen LogP contribution in [0.4, 0.5) is 5.69 Å². The van der Waals surface area contributed by atoms with Crippen LogP contribution in [0.3, 0.4) is 0 Å². The second-order valence-electron chi connectivity index (χ2n) is 14.1. The number of aromatic nitrogens is 4. The fraction of sp³-hybridized carbons (Fsp3) is 0.341. The van der Waals surface area contributed by atoms with Crippen molar-refractivity contribution in [1.82, 2.24) is 18.9 Å². The second kappa shape index (κ2) is 13.9.